The monoisotopic (exact) mass is 422 g/mol. The minimum Gasteiger partial charge on any atom is -0.457 e. The number of amides is 2. The van der Waals surface area contributed by atoms with Gasteiger partial charge in [0.2, 0.25) is 0 Å². The molecule has 0 aliphatic heterocycles. The number of hydrogen-bond acceptors (Lipinski definition) is 3. The van der Waals surface area contributed by atoms with Crippen LogP contribution in [0.1, 0.15) is 36.9 Å². The zero-order chi connectivity index (χ0) is 21.7. The van der Waals surface area contributed by atoms with E-state index in [0.29, 0.717) is 22.1 Å². The third-order valence-electron chi connectivity index (χ3n) is 4.06. The largest absolute Gasteiger partial charge is 0.457 e. The second-order valence-corrected chi connectivity index (χ2v) is 8.23. The van der Waals surface area contributed by atoms with Crippen LogP contribution in [-0.4, -0.2) is 17.4 Å². The Labute approximate surface area is 180 Å². The molecule has 5 nitrogen and oxygen atoms in total. The van der Waals surface area contributed by atoms with Gasteiger partial charge in [0.15, 0.2) is 0 Å². The quantitative estimate of drug-likeness (QED) is 0.549. The number of benzene rings is 2. The summed E-state index contributed by atoms with van der Waals surface area (Å²) in [7, 11) is 0. The minimum absolute atomic E-state index is 0.0933. The van der Waals surface area contributed by atoms with Gasteiger partial charge in [0.1, 0.15) is 17.2 Å². The van der Waals surface area contributed by atoms with E-state index in [0.717, 1.165) is 5.56 Å². The highest BCUT2D eigenvalue weighted by Gasteiger charge is 2.20. The molecule has 2 N–H and O–H groups in total. The lowest BCUT2D eigenvalue weighted by molar-refractivity contribution is -0.119. The van der Waals surface area contributed by atoms with Crippen LogP contribution >= 0.6 is 11.6 Å². The maximum Gasteiger partial charge on any atom is 0.268 e. The molecule has 0 atom stereocenters. The summed E-state index contributed by atoms with van der Waals surface area (Å²) >= 11 is 5.93. The molecule has 0 radical (unpaired) electrons. The summed E-state index contributed by atoms with van der Waals surface area (Å²) in [6.45, 7) is 5.60. The summed E-state index contributed by atoms with van der Waals surface area (Å²) in [4.78, 5) is 25.4. The summed E-state index contributed by atoms with van der Waals surface area (Å²) in [6.07, 6.45) is 1.52. The van der Waals surface area contributed by atoms with Crippen molar-refractivity contribution < 1.29 is 14.0 Å². The molecule has 1 aromatic heterocycles. The van der Waals surface area contributed by atoms with Crippen LogP contribution in [0.4, 0.5) is 0 Å². The molecule has 3 aromatic rings. The smallest absolute Gasteiger partial charge is 0.268 e. The molecule has 3 rings (SSSR count). The van der Waals surface area contributed by atoms with Crippen molar-refractivity contribution in [1.29, 1.82) is 0 Å². The van der Waals surface area contributed by atoms with Crippen LogP contribution in [0.2, 0.25) is 5.02 Å². The molecule has 6 heteroatoms. The fourth-order valence-corrected chi connectivity index (χ4v) is 2.82. The number of carbonyl (C=O) groups is 2. The summed E-state index contributed by atoms with van der Waals surface area (Å²) in [5.41, 5.74) is 0.933. The lowest BCUT2D eigenvalue weighted by atomic mass is 10.1. The number of hydrogen-bond donors (Lipinski definition) is 2. The molecule has 0 bridgehead atoms. The van der Waals surface area contributed by atoms with Crippen molar-refractivity contribution in [2.45, 2.75) is 26.3 Å². The first-order valence-corrected chi connectivity index (χ1v) is 9.85. The fourth-order valence-electron chi connectivity index (χ4n) is 2.69. The summed E-state index contributed by atoms with van der Waals surface area (Å²) in [5.74, 6) is 0.280. The van der Waals surface area contributed by atoms with Crippen LogP contribution in [0.25, 0.3) is 17.4 Å². The molecule has 0 spiro atoms. The van der Waals surface area contributed by atoms with Gasteiger partial charge in [-0.2, -0.15) is 0 Å². The van der Waals surface area contributed by atoms with Crippen LogP contribution in [-0.2, 0) is 4.79 Å². The van der Waals surface area contributed by atoms with Crippen LogP contribution in [0.15, 0.2) is 76.8 Å². The Morgan fingerprint density at radius 3 is 2.23 bits per heavy atom. The third-order valence-corrected chi connectivity index (χ3v) is 4.31. The van der Waals surface area contributed by atoms with Gasteiger partial charge in [-0.05, 0) is 69.3 Å². The highest BCUT2D eigenvalue weighted by atomic mass is 35.5. The minimum atomic E-state index is -0.467. The fraction of sp³-hybridized carbons (Fsp3) is 0.167. The zero-order valence-electron chi connectivity index (χ0n) is 17.0. The van der Waals surface area contributed by atoms with Crippen molar-refractivity contribution in [2.75, 3.05) is 0 Å². The molecule has 0 aliphatic rings. The first-order valence-electron chi connectivity index (χ1n) is 9.48. The van der Waals surface area contributed by atoms with Gasteiger partial charge in [-0.15, -0.1) is 0 Å². The highest BCUT2D eigenvalue weighted by molar-refractivity contribution is 6.30. The predicted molar refractivity (Wildman–Crippen MR) is 119 cm³/mol. The lowest BCUT2D eigenvalue weighted by Crippen LogP contribution is -2.44. The van der Waals surface area contributed by atoms with E-state index in [4.69, 9.17) is 16.0 Å². The number of furan rings is 1. The van der Waals surface area contributed by atoms with Crippen molar-refractivity contribution in [1.82, 2.24) is 10.6 Å². The molecule has 0 unspecified atom stereocenters. The van der Waals surface area contributed by atoms with Gasteiger partial charge in [0.05, 0.1) is 0 Å². The van der Waals surface area contributed by atoms with E-state index >= 15 is 0 Å². The molecule has 2 aromatic carbocycles. The van der Waals surface area contributed by atoms with Crippen LogP contribution in [0.3, 0.4) is 0 Å². The van der Waals surface area contributed by atoms with E-state index in [1.807, 2.05) is 39.0 Å². The van der Waals surface area contributed by atoms with Crippen molar-refractivity contribution in [3.8, 4) is 11.3 Å². The normalized spacial score (nSPS) is 11.8. The molecule has 0 fully saturated rings. The molecule has 1 heterocycles. The first kappa shape index (κ1) is 21.4. The number of carbonyl (C=O) groups excluding carboxylic acids is 2. The van der Waals surface area contributed by atoms with Crippen molar-refractivity contribution in [3.05, 3.63) is 88.8 Å². The zero-order valence-corrected chi connectivity index (χ0v) is 17.8. The third kappa shape index (κ3) is 5.84. The molecule has 30 heavy (non-hydrogen) atoms. The van der Waals surface area contributed by atoms with E-state index in [-0.39, 0.29) is 11.6 Å². The van der Waals surface area contributed by atoms with Crippen LogP contribution in [0, 0.1) is 0 Å². The molecular weight excluding hydrogens is 400 g/mol. The Hall–Kier alpha value is -3.31. The highest BCUT2D eigenvalue weighted by Crippen LogP contribution is 2.25. The maximum absolute atomic E-state index is 12.8. The summed E-state index contributed by atoms with van der Waals surface area (Å²) in [6, 6.07) is 19.5. The van der Waals surface area contributed by atoms with Crippen LogP contribution in [0.5, 0.6) is 0 Å². The number of nitrogens with one attached hydrogen (secondary N) is 2. The standard InChI is InChI=1S/C24H23ClN2O3/c1-24(2,3)27-23(29)20(26-22(28)17-7-5-4-6-8-17)15-19-13-14-21(30-19)16-9-11-18(25)12-10-16/h4-15H,1-3H3,(H,26,28)(H,27,29)/b20-15-. The SMILES string of the molecule is CC(C)(C)NC(=O)/C(=C/c1ccc(-c2ccc(Cl)cc2)o1)NC(=O)c1ccccc1. The first-order chi connectivity index (χ1) is 14.2. The average molecular weight is 423 g/mol. The molecule has 0 saturated heterocycles. The van der Waals surface area contributed by atoms with Gasteiger partial charge < -0.3 is 15.1 Å². The average Bonchev–Trinajstić information content (AvgIpc) is 3.16. The van der Waals surface area contributed by atoms with Gasteiger partial charge in [0, 0.05) is 27.8 Å². The topological polar surface area (TPSA) is 71.3 Å². The van der Waals surface area contributed by atoms with Crippen molar-refractivity contribution in [2.24, 2.45) is 0 Å². The second kappa shape index (κ2) is 9.01. The van der Waals surface area contributed by atoms with Gasteiger partial charge in [0.25, 0.3) is 11.8 Å². The molecule has 2 amide bonds. The molecule has 0 aliphatic carbocycles. The van der Waals surface area contributed by atoms with E-state index in [1.165, 1.54) is 6.08 Å². The summed E-state index contributed by atoms with van der Waals surface area (Å²) in [5, 5.41) is 6.19. The predicted octanol–water partition coefficient (Wildman–Crippen LogP) is 5.29. The number of halogens is 1. The lowest BCUT2D eigenvalue weighted by Gasteiger charge is -2.21. The van der Waals surface area contributed by atoms with Crippen molar-refractivity contribution >= 4 is 29.5 Å². The van der Waals surface area contributed by atoms with Gasteiger partial charge in [-0.1, -0.05) is 29.8 Å². The molecule has 154 valence electrons. The van der Waals surface area contributed by atoms with Gasteiger partial charge in [-0.3, -0.25) is 9.59 Å². The van der Waals surface area contributed by atoms with Crippen LogP contribution < -0.4 is 10.6 Å². The Bertz CT molecular complexity index is 1060. The maximum atomic E-state index is 12.8. The molecule has 0 saturated carbocycles. The Kier molecular flexibility index (Phi) is 6.43. The van der Waals surface area contributed by atoms with Gasteiger partial charge in [-0.25, -0.2) is 0 Å². The van der Waals surface area contributed by atoms with E-state index in [2.05, 4.69) is 10.6 Å². The Balaban J connectivity index is 1.89. The van der Waals surface area contributed by atoms with E-state index in [9.17, 15) is 9.59 Å². The van der Waals surface area contributed by atoms with Gasteiger partial charge >= 0.3 is 0 Å². The Morgan fingerprint density at radius 1 is 0.933 bits per heavy atom. The van der Waals surface area contributed by atoms with Crippen molar-refractivity contribution in [3.63, 3.8) is 0 Å². The van der Waals surface area contributed by atoms with E-state index < -0.39 is 11.4 Å². The number of rotatable bonds is 5. The summed E-state index contributed by atoms with van der Waals surface area (Å²) < 4.78 is 5.86. The second-order valence-electron chi connectivity index (χ2n) is 7.79. The van der Waals surface area contributed by atoms with E-state index in [1.54, 1.807) is 48.5 Å². The molecular formula is C24H23ClN2O3. The Morgan fingerprint density at radius 2 is 1.60 bits per heavy atom.